The van der Waals surface area contributed by atoms with Gasteiger partial charge in [0.15, 0.2) is 11.5 Å². The zero-order valence-electron chi connectivity index (χ0n) is 14.4. The lowest BCUT2D eigenvalue weighted by Gasteiger charge is -2.06. The molecule has 0 saturated carbocycles. The Labute approximate surface area is 142 Å². The van der Waals surface area contributed by atoms with Gasteiger partial charge in [-0.15, -0.1) is 0 Å². The summed E-state index contributed by atoms with van der Waals surface area (Å²) in [5.41, 5.74) is 1.00. The molecule has 0 aliphatic rings. The van der Waals surface area contributed by atoms with Crippen LogP contribution in [0.4, 0.5) is 0 Å². The minimum absolute atomic E-state index is 0.163. The Bertz CT molecular complexity index is 619. The van der Waals surface area contributed by atoms with Crippen LogP contribution >= 0.6 is 0 Å². The first-order valence-corrected chi connectivity index (χ1v) is 8.53. The maximum absolute atomic E-state index is 11.4. The molecule has 0 N–H and O–H groups in total. The zero-order chi connectivity index (χ0) is 17.2. The standard InChI is InChI=1S/C19H25NO4/c1-3-4-5-6-7-8-13-23-16-11-9-15(10-12-16)18-14-17(20-24-18)19(21)22-2/h9-12,14H,3-8,13H2,1-2H3. The smallest absolute Gasteiger partial charge is 0.360 e. The topological polar surface area (TPSA) is 61.6 Å². The summed E-state index contributed by atoms with van der Waals surface area (Å²) in [7, 11) is 1.31. The van der Waals surface area contributed by atoms with E-state index in [1.165, 1.54) is 39.2 Å². The molecule has 2 aromatic rings. The van der Waals surface area contributed by atoms with Crippen LogP contribution in [0.15, 0.2) is 34.9 Å². The van der Waals surface area contributed by atoms with Crippen molar-refractivity contribution in [1.29, 1.82) is 0 Å². The fraction of sp³-hybridized carbons (Fsp3) is 0.474. The number of rotatable bonds is 10. The van der Waals surface area contributed by atoms with Crippen LogP contribution in [-0.4, -0.2) is 24.8 Å². The highest BCUT2D eigenvalue weighted by atomic mass is 16.5. The number of nitrogens with zero attached hydrogens (tertiary/aromatic N) is 1. The van der Waals surface area contributed by atoms with Gasteiger partial charge in [-0.3, -0.25) is 0 Å². The SMILES string of the molecule is CCCCCCCCOc1ccc(-c2cc(C(=O)OC)no2)cc1. The Morgan fingerprint density at radius 3 is 2.50 bits per heavy atom. The van der Waals surface area contributed by atoms with Crippen molar-refractivity contribution < 1.29 is 18.8 Å². The van der Waals surface area contributed by atoms with Gasteiger partial charge in [0.25, 0.3) is 0 Å². The van der Waals surface area contributed by atoms with E-state index in [4.69, 9.17) is 9.26 Å². The van der Waals surface area contributed by atoms with Gasteiger partial charge in [-0.2, -0.15) is 0 Å². The average Bonchev–Trinajstić information content (AvgIpc) is 3.11. The normalized spacial score (nSPS) is 10.6. The molecule has 24 heavy (non-hydrogen) atoms. The number of benzene rings is 1. The summed E-state index contributed by atoms with van der Waals surface area (Å²) in [6.07, 6.45) is 7.49. The van der Waals surface area contributed by atoms with Crippen molar-refractivity contribution in [2.45, 2.75) is 45.4 Å². The largest absolute Gasteiger partial charge is 0.494 e. The maximum Gasteiger partial charge on any atom is 0.360 e. The van der Waals surface area contributed by atoms with E-state index in [9.17, 15) is 4.79 Å². The minimum atomic E-state index is -0.510. The Morgan fingerprint density at radius 2 is 1.79 bits per heavy atom. The molecule has 0 aliphatic heterocycles. The van der Waals surface area contributed by atoms with Crippen LogP contribution in [0.5, 0.6) is 5.75 Å². The maximum atomic E-state index is 11.4. The molecule has 5 nitrogen and oxygen atoms in total. The molecule has 0 radical (unpaired) electrons. The van der Waals surface area contributed by atoms with E-state index >= 15 is 0 Å². The third-order valence-electron chi connectivity index (χ3n) is 3.81. The lowest BCUT2D eigenvalue weighted by Crippen LogP contribution is -2.00. The van der Waals surface area contributed by atoms with Gasteiger partial charge in [0.05, 0.1) is 13.7 Å². The quantitative estimate of drug-likeness (QED) is 0.459. The molecule has 0 aliphatic carbocycles. The van der Waals surface area contributed by atoms with Gasteiger partial charge >= 0.3 is 5.97 Å². The molecule has 0 saturated heterocycles. The molecule has 0 unspecified atom stereocenters. The molecular weight excluding hydrogens is 306 g/mol. The van der Waals surface area contributed by atoms with Crippen LogP contribution in [-0.2, 0) is 4.74 Å². The van der Waals surface area contributed by atoms with Gasteiger partial charge in [0, 0.05) is 11.6 Å². The van der Waals surface area contributed by atoms with E-state index < -0.39 is 5.97 Å². The van der Waals surface area contributed by atoms with Gasteiger partial charge < -0.3 is 14.0 Å². The highest BCUT2D eigenvalue weighted by Gasteiger charge is 2.13. The Balaban J connectivity index is 1.78. The molecule has 0 atom stereocenters. The van der Waals surface area contributed by atoms with Crippen LogP contribution in [0.2, 0.25) is 0 Å². The van der Waals surface area contributed by atoms with Gasteiger partial charge in [-0.25, -0.2) is 4.79 Å². The van der Waals surface area contributed by atoms with Crippen LogP contribution in [0.25, 0.3) is 11.3 Å². The predicted molar refractivity (Wildman–Crippen MR) is 92.1 cm³/mol. The van der Waals surface area contributed by atoms with E-state index in [0.717, 1.165) is 24.3 Å². The van der Waals surface area contributed by atoms with Crippen LogP contribution in [0.1, 0.15) is 55.9 Å². The fourth-order valence-electron chi connectivity index (χ4n) is 2.40. The summed E-state index contributed by atoms with van der Waals surface area (Å²) in [4.78, 5) is 11.4. The number of aromatic nitrogens is 1. The molecule has 1 heterocycles. The number of hydrogen-bond acceptors (Lipinski definition) is 5. The second kappa shape index (κ2) is 9.75. The van der Waals surface area contributed by atoms with E-state index in [1.54, 1.807) is 6.07 Å². The predicted octanol–water partition coefficient (Wildman–Crippen LogP) is 4.87. The van der Waals surface area contributed by atoms with Gasteiger partial charge in [-0.1, -0.05) is 44.2 Å². The number of esters is 1. The molecule has 0 fully saturated rings. The van der Waals surface area contributed by atoms with Crippen molar-refractivity contribution in [2.24, 2.45) is 0 Å². The number of hydrogen-bond donors (Lipinski definition) is 0. The molecule has 1 aromatic heterocycles. The molecule has 0 spiro atoms. The Kier molecular flexibility index (Phi) is 7.33. The monoisotopic (exact) mass is 331 g/mol. The van der Waals surface area contributed by atoms with E-state index in [-0.39, 0.29) is 5.69 Å². The summed E-state index contributed by atoms with van der Waals surface area (Å²) in [5.74, 6) is 0.849. The Hall–Kier alpha value is -2.30. The molecule has 2 rings (SSSR count). The minimum Gasteiger partial charge on any atom is -0.494 e. The summed E-state index contributed by atoms with van der Waals surface area (Å²) in [6.45, 7) is 2.96. The summed E-state index contributed by atoms with van der Waals surface area (Å²) in [5, 5.41) is 3.70. The molecule has 1 aromatic carbocycles. The molecular formula is C19H25NO4. The summed E-state index contributed by atoms with van der Waals surface area (Å²) >= 11 is 0. The third-order valence-corrected chi connectivity index (χ3v) is 3.81. The van der Waals surface area contributed by atoms with Gasteiger partial charge in [0.2, 0.25) is 0 Å². The highest BCUT2D eigenvalue weighted by molar-refractivity contribution is 5.88. The number of carbonyl (C=O) groups excluding carboxylic acids is 1. The number of unbranched alkanes of at least 4 members (excludes halogenated alkanes) is 5. The summed E-state index contributed by atoms with van der Waals surface area (Å²) in [6, 6.07) is 9.13. The van der Waals surface area contributed by atoms with Crippen LogP contribution in [0.3, 0.4) is 0 Å². The fourth-order valence-corrected chi connectivity index (χ4v) is 2.40. The summed E-state index contributed by atoms with van der Waals surface area (Å²) < 4.78 is 15.5. The first-order valence-electron chi connectivity index (χ1n) is 8.53. The molecule has 0 bridgehead atoms. The van der Waals surface area contributed by atoms with Crippen molar-refractivity contribution in [3.63, 3.8) is 0 Å². The third kappa shape index (κ3) is 5.41. The first kappa shape index (κ1) is 18.0. The molecule has 0 amide bonds. The van der Waals surface area contributed by atoms with Crippen LogP contribution in [0, 0.1) is 0 Å². The van der Waals surface area contributed by atoms with Crippen molar-refractivity contribution in [3.05, 3.63) is 36.0 Å². The van der Waals surface area contributed by atoms with Crippen molar-refractivity contribution in [3.8, 4) is 17.1 Å². The molecule has 5 heteroatoms. The lowest BCUT2D eigenvalue weighted by molar-refractivity contribution is 0.0589. The molecule has 130 valence electrons. The lowest BCUT2D eigenvalue weighted by atomic mass is 10.1. The van der Waals surface area contributed by atoms with E-state index in [1.807, 2.05) is 24.3 Å². The average molecular weight is 331 g/mol. The van der Waals surface area contributed by atoms with Crippen molar-refractivity contribution >= 4 is 5.97 Å². The van der Waals surface area contributed by atoms with E-state index in [0.29, 0.717) is 5.76 Å². The number of carbonyl (C=O) groups is 1. The zero-order valence-corrected chi connectivity index (χ0v) is 14.4. The van der Waals surface area contributed by atoms with Crippen molar-refractivity contribution in [2.75, 3.05) is 13.7 Å². The van der Waals surface area contributed by atoms with Gasteiger partial charge in [-0.05, 0) is 30.7 Å². The van der Waals surface area contributed by atoms with E-state index in [2.05, 4.69) is 16.8 Å². The second-order valence-corrected chi connectivity index (χ2v) is 5.71. The highest BCUT2D eigenvalue weighted by Crippen LogP contribution is 2.23. The second-order valence-electron chi connectivity index (χ2n) is 5.71. The van der Waals surface area contributed by atoms with Crippen LogP contribution < -0.4 is 4.74 Å². The Morgan fingerprint density at radius 1 is 1.08 bits per heavy atom. The number of methoxy groups -OCH3 is 1. The van der Waals surface area contributed by atoms with Gasteiger partial charge in [0.1, 0.15) is 5.75 Å². The first-order chi connectivity index (χ1) is 11.7. The number of ether oxygens (including phenoxy) is 2. The van der Waals surface area contributed by atoms with Crippen molar-refractivity contribution in [1.82, 2.24) is 5.16 Å².